The summed E-state index contributed by atoms with van der Waals surface area (Å²) in [4.78, 5) is 14.1. The first-order valence-electron chi connectivity index (χ1n) is 6.79. The summed E-state index contributed by atoms with van der Waals surface area (Å²) in [5.74, 6) is -0.165. The van der Waals surface area contributed by atoms with Crippen molar-refractivity contribution in [1.29, 1.82) is 0 Å². The second kappa shape index (κ2) is 6.04. The Kier molecular flexibility index (Phi) is 4.39. The summed E-state index contributed by atoms with van der Waals surface area (Å²) in [7, 11) is 1.80. The van der Waals surface area contributed by atoms with Crippen molar-refractivity contribution in [3.8, 4) is 0 Å². The number of nitrogen functional groups attached to an aromatic ring is 1. The molecule has 2 N–H and O–H groups in total. The fourth-order valence-corrected chi connectivity index (χ4v) is 2.61. The molecule has 1 aliphatic rings. The fraction of sp³-hybridized carbons (Fsp3) is 0.692. The van der Waals surface area contributed by atoms with Crippen LogP contribution in [0.1, 0.15) is 42.6 Å². The largest absolute Gasteiger partial charge is 0.396 e. The number of aryl methyl sites for hydroxylation is 1. The zero-order valence-corrected chi connectivity index (χ0v) is 11.3. The third-order valence-electron chi connectivity index (χ3n) is 3.75. The molecule has 2 rings (SSSR count). The number of nitrogens with zero attached hydrogens (tertiary/aromatic N) is 3. The molecule has 106 valence electrons. The van der Waals surface area contributed by atoms with Crippen molar-refractivity contribution in [3.63, 3.8) is 0 Å². The maximum Gasteiger partial charge on any atom is 0.276 e. The van der Waals surface area contributed by atoms with E-state index in [1.807, 2.05) is 0 Å². The number of hydrogen-bond donors (Lipinski definition) is 1. The zero-order chi connectivity index (χ0) is 13.8. The highest BCUT2D eigenvalue weighted by molar-refractivity contribution is 5.97. The van der Waals surface area contributed by atoms with Crippen LogP contribution in [0.3, 0.4) is 0 Å². The summed E-state index contributed by atoms with van der Waals surface area (Å²) in [5.41, 5.74) is 6.34. The molecular formula is C13H21FN4O. The van der Waals surface area contributed by atoms with Gasteiger partial charge < -0.3 is 10.6 Å². The Morgan fingerprint density at radius 2 is 2.21 bits per heavy atom. The van der Waals surface area contributed by atoms with Crippen LogP contribution in [0.2, 0.25) is 0 Å². The lowest BCUT2D eigenvalue weighted by Crippen LogP contribution is -2.38. The van der Waals surface area contributed by atoms with Gasteiger partial charge in [-0.05, 0) is 12.8 Å². The van der Waals surface area contributed by atoms with E-state index >= 15 is 0 Å². The molecule has 6 heteroatoms. The maximum atomic E-state index is 12.4. The number of hydrogen-bond acceptors (Lipinski definition) is 3. The molecule has 0 spiro atoms. The van der Waals surface area contributed by atoms with Gasteiger partial charge in [-0.3, -0.25) is 9.48 Å². The number of aromatic nitrogens is 2. The van der Waals surface area contributed by atoms with E-state index < -0.39 is 6.67 Å². The Morgan fingerprint density at radius 1 is 1.53 bits per heavy atom. The number of amides is 1. The van der Waals surface area contributed by atoms with E-state index in [1.54, 1.807) is 11.9 Å². The summed E-state index contributed by atoms with van der Waals surface area (Å²) < 4.78 is 13.7. The predicted octanol–water partition coefficient (Wildman–Crippen LogP) is 1.84. The Morgan fingerprint density at radius 3 is 2.84 bits per heavy atom. The molecule has 1 heterocycles. The molecule has 0 atom stereocenters. The summed E-state index contributed by atoms with van der Waals surface area (Å²) in [6.45, 7) is -0.391. The summed E-state index contributed by atoms with van der Waals surface area (Å²) in [6, 6.07) is 0.270. The molecule has 1 aliphatic carbocycles. The monoisotopic (exact) mass is 268 g/mol. The Balaban J connectivity index is 2.09. The first-order chi connectivity index (χ1) is 9.13. The molecule has 0 saturated heterocycles. The van der Waals surface area contributed by atoms with Crippen molar-refractivity contribution in [2.24, 2.45) is 0 Å². The van der Waals surface area contributed by atoms with Crippen molar-refractivity contribution >= 4 is 11.6 Å². The van der Waals surface area contributed by atoms with Crippen LogP contribution in [0.4, 0.5) is 10.1 Å². The molecule has 0 bridgehead atoms. The lowest BCUT2D eigenvalue weighted by Gasteiger charge is -2.30. The molecule has 1 fully saturated rings. The van der Waals surface area contributed by atoms with Crippen LogP contribution in [-0.2, 0) is 6.54 Å². The molecule has 1 saturated carbocycles. The van der Waals surface area contributed by atoms with E-state index in [1.165, 1.54) is 17.3 Å². The second-order valence-corrected chi connectivity index (χ2v) is 5.09. The Labute approximate surface area is 112 Å². The maximum absolute atomic E-state index is 12.4. The number of carbonyl (C=O) groups excluding carboxylic acids is 1. The summed E-state index contributed by atoms with van der Waals surface area (Å²) >= 11 is 0. The number of anilines is 1. The fourth-order valence-electron chi connectivity index (χ4n) is 2.61. The first-order valence-corrected chi connectivity index (χ1v) is 6.79. The van der Waals surface area contributed by atoms with Gasteiger partial charge in [0.15, 0.2) is 5.69 Å². The van der Waals surface area contributed by atoms with Crippen molar-refractivity contribution in [1.82, 2.24) is 14.7 Å². The van der Waals surface area contributed by atoms with Crippen LogP contribution in [0.15, 0.2) is 6.20 Å². The van der Waals surface area contributed by atoms with Crippen molar-refractivity contribution in [3.05, 3.63) is 11.9 Å². The van der Waals surface area contributed by atoms with E-state index in [0.29, 0.717) is 5.69 Å². The van der Waals surface area contributed by atoms with Crippen molar-refractivity contribution in [2.45, 2.75) is 44.7 Å². The van der Waals surface area contributed by atoms with E-state index in [4.69, 9.17) is 5.73 Å². The zero-order valence-electron chi connectivity index (χ0n) is 11.3. The number of nitrogens with two attached hydrogens (primary N) is 1. The van der Waals surface area contributed by atoms with Crippen LogP contribution in [0.25, 0.3) is 0 Å². The highest BCUT2D eigenvalue weighted by Gasteiger charge is 2.26. The van der Waals surface area contributed by atoms with Crippen LogP contribution < -0.4 is 5.73 Å². The Hall–Kier alpha value is -1.59. The third-order valence-corrected chi connectivity index (χ3v) is 3.75. The van der Waals surface area contributed by atoms with Crippen LogP contribution in [0, 0.1) is 0 Å². The van der Waals surface area contributed by atoms with Gasteiger partial charge in [0, 0.05) is 19.3 Å². The number of rotatable bonds is 4. The Bertz CT molecular complexity index is 440. The smallest absolute Gasteiger partial charge is 0.276 e. The van der Waals surface area contributed by atoms with Crippen molar-refractivity contribution in [2.75, 3.05) is 19.5 Å². The molecule has 1 aromatic rings. The molecule has 1 amide bonds. The highest BCUT2D eigenvalue weighted by Crippen LogP contribution is 2.23. The van der Waals surface area contributed by atoms with E-state index in [2.05, 4.69) is 5.10 Å². The lowest BCUT2D eigenvalue weighted by molar-refractivity contribution is 0.0690. The SMILES string of the molecule is CN(C(=O)c1nn(CCF)cc1N)C1CCCCC1. The van der Waals surface area contributed by atoms with Crippen LogP contribution in [0.5, 0.6) is 0 Å². The molecule has 1 aromatic heterocycles. The van der Waals surface area contributed by atoms with E-state index in [0.717, 1.165) is 25.7 Å². The minimum atomic E-state index is -0.521. The molecule has 0 radical (unpaired) electrons. The standard InChI is InChI=1S/C13H21FN4O/c1-17(10-5-3-2-4-6-10)13(19)12-11(15)9-18(16-12)8-7-14/h9-10H,2-8,15H2,1H3. The van der Waals surface area contributed by atoms with Crippen LogP contribution >= 0.6 is 0 Å². The summed E-state index contributed by atoms with van der Waals surface area (Å²) in [6.07, 6.45) is 7.15. The quantitative estimate of drug-likeness (QED) is 0.906. The van der Waals surface area contributed by atoms with Gasteiger partial charge >= 0.3 is 0 Å². The topological polar surface area (TPSA) is 64.2 Å². The molecule has 0 aliphatic heterocycles. The summed E-state index contributed by atoms with van der Waals surface area (Å²) in [5, 5.41) is 4.08. The molecule has 5 nitrogen and oxygen atoms in total. The van der Waals surface area contributed by atoms with Crippen molar-refractivity contribution < 1.29 is 9.18 Å². The minimum absolute atomic E-state index is 0.130. The average Bonchev–Trinajstić information content (AvgIpc) is 2.79. The van der Waals surface area contributed by atoms with Gasteiger partial charge in [0.1, 0.15) is 6.67 Å². The van der Waals surface area contributed by atoms with Gasteiger partial charge in [-0.15, -0.1) is 0 Å². The minimum Gasteiger partial charge on any atom is -0.396 e. The molecule has 19 heavy (non-hydrogen) atoms. The lowest BCUT2D eigenvalue weighted by atomic mass is 9.94. The molecular weight excluding hydrogens is 247 g/mol. The van der Waals surface area contributed by atoms with E-state index in [-0.39, 0.29) is 24.2 Å². The van der Waals surface area contributed by atoms with Gasteiger partial charge in [0.2, 0.25) is 0 Å². The van der Waals surface area contributed by atoms with Gasteiger partial charge in [-0.1, -0.05) is 19.3 Å². The number of carbonyl (C=O) groups is 1. The number of alkyl halides is 1. The van der Waals surface area contributed by atoms with Crippen LogP contribution in [-0.4, -0.2) is 40.4 Å². The normalized spacial score (nSPS) is 16.5. The average molecular weight is 268 g/mol. The molecule has 0 unspecified atom stereocenters. The number of halogens is 1. The van der Waals surface area contributed by atoms with E-state index in [9.17, 15) is 9.18 Å². The van der Waals surface area contributed by atoms with Gasteiger partial charge in [0.25, 0.3) is 5.91 Å². The van der Waals surface area contributed by atoms with Gasteiger partial charge in [0.05, 0.1) is 12.2 Å². The predicted molar refractivity (Wildman–Crippen MR) is 71.6 cm³/mol. The van der Waals surface area contributed by atoms with Gasteiger partial charge in [-0.25, -0.2) is 4.39 Å². The third kappa shape index (κ3) is 3.05. The highest BCUT2D eigenvalue weighted by atomic mass is 19.1. The van der Waals surface area contributed by atoms with Gasteiger partial charge in [-0.2, -0.15) is 5.10 Å². The second-order valence-electron chi connectivity index (χ2n) is 5.09. The first kappa shape index (κ1) is 13.8. The molecule has 0 aromatic carbocycles.